The van der Waals surface area contributed by atoms with E-state index in [1.54, 1.807) is 0 Å². The summed E-state index contributed by atoms with van der Waals surface area (Å²) in [6.07, 6.45) is 4.55. The molecule has 0 saturated heterocycles. The van der Waals surface area contributed by atoms with Crippen LogP contribution in [0.3, 0.4) is 0 Å². The molecule has 0 saturated carbocycles. The lowest BCUT2D eigenvalue weighted by atomic mass is 9.97. The third-order valence-electron chi connectivity index (χ3n) is 2.47. The second-order valence-corrected chi connectivity index (χ2v) is 3.39. The highest BCUT2D eigenvalue weighted by Gasteiger charge is 2.16. The van der Waals surface area contributed by atoms with Crippen LogP contribution in [0.4, 0.5) is 5.69 Å². The van der Waals surface area contributed by atoms with E-state index in [2.05, 4.69) is 17.4 Å². The van der Waals surface area contributed by atoms with E-state index in [9.17, 15) is 4.79 Å². The van der Waals surface area contributed by atoms with Crippen LogP contribution in [0, 0.1) is 0 Å². The van der Waals surface area contributed by atoms with Crippen LogP contribution in [0.15, 0.2) is 24.3 Å². The Labute approximate surface area is 78.0 Å². The Morgan fingerprint density at radius 2 is 2.31 bits per heavy atom. The van der Waals surface area contributed by atoms with Gasteiger partial charge in [0.2, 0.25) is 6.29 Å². The predicted molar refractivity (Wildman–Crippen MR) is 52.5 cm³/mol. The Bertz CT molecular complexity index is 309. The lowest BCUT2D eigenvalue weighted by Gasteiger charge is -2.25. The molecule has 1 aromatic rings. The van der Waals surface area contributed by atoms with Crippen LogP contribution in [-0.4, -0.2) is 12.3 Å². The fourth-order valence-corrected chi connectivity index (χ4v) is 1.75. The second-order valence-electron chi connectivity index (χ2n) is 3.39. The summed E-state index contributed by atoms with van der Waals surface area (Å²) in [4.78, 5) is 10.2. The van der Waals surface area contributed by atoms with Crippen LogP contribution in [0.25, 0.3) is 0 Å². The van der Waals surface area contributed by atoms with Crippen molar-refractivity contribution in [2.75, 3.05) is 5.32 Å². The van der Waals surface area contributed by atoms with Gasteiger partial charge in [0.25, 0.3) is 0 Å². The third-order valence-corrected chi connectivity index (χ3v) is 2.47. The average molecular weight is 174 g/mol. The summed E-state index contributed by atoms with van der Waals surface area (Å²) < 4.78 is 0. The van der Waals surface area contributed by atoms with Gasteiger partial charge in [0.1, 0.15) is 0 Å². The quantitative estimate of drug-likeness (QED) is 0.742. The predicted octanol–water partition coefficient (Wildman–Crippen LogP) is 1.91. The summed E-state index contributed by atoms with van der Waals surface area (Å²) in [6.45, 7) is 0. The van der Waals surface area contributed by atoms with Gasteiger partial charge in [0.15, 0.2) is 0 Å². The summed E-state index contributed by atoms with van der Waals surface area (Å²) in [5.41, 5.74) is 2.53. The van der Waals surface area contributed by atoms with E-state index in [0.717, 1.165) is 12.8 Å². The fraction of sp³-hybridized carbons (Fsp3) is 0.364. The van der Waals surface area contributed by atoms with Gasteiger partial charge in [0.05, 0.1) is 0 Å². The summed E-state index contributed by atoms with van der Waals surface area (Å²) in [5, 5.41) is 3.34. The summed E-state index contributed by atoms with van der Waals surface area (Å²) in [5.74, 6) is 0. The van der Waals surface area contributed by atoms with Gasteiger partial charge in [-0.1, -0.05) is 18.2 Å². The highest BCUT2D eigenvalue weighted by molar-refractivity contribution is 5.58. The zero-order valence-electron chi connectivity index (χ0n) is 7.42. The molecule has 0 spiro atoms. The van der Waals surface area contributed by atoms with Crippen molar-refractivity contribution in [2.24, 2.45) is 0 Å². The van der Waals surface area contributed by atoms with Crippen molar-refractivity contribution in [3.63, 3.8) is 0 Å². The van der Waals surface area contributed by atoms with E-state index in [-0.39, 0.29) is 6.04 Å². The molecule has 1 N–H and O–H groups in total. The van der Waals surface area contributed by atoms with Gasteiger partial charge in [-0.3, -0.25) is 4.79 Å². The van der Waals surface area contributed by atoms with Gasteiger partial charge in [-0.05, 0) is 24.5 Å². The number of aryl methyl sites for hydroxylation is 1. The number of carbonyl (C=O) groups excluding carboxylic acids is 1. The average Bonchev–Trinajstić information content (AvgIpc) is 2.18. The van der Waals surface area contributed by atoms with Gasteiger partial charge in [-0.15, -0.1) is 0 Å². The van der Waals surface area contributed by atoms with Gasteiger partial charge < -0.3 is 5.32 Å². The molecule has 0 aromatic heterocycles. The normalized spacial score (nSPS) is 20.2. The molecule has 1 aromatic carbocycles. The first-order valence-corrected chi connectivity index (χ1v) is 4.59. The minimum Gasteiger partial charge on any atom is -0.382 e. The Hall–Kier alpha value is -1.31. The third kappa shape index (κ3) is 1.72. The van der Waals surface area contributed by atoms with Crippen molar-refractivity contribution in [1.29, 1.82) is 0 Å². The van der Waals surface area contributed by atoms with Crippen LogP contribution in [0.5, 0.6) is 0 Å². The summed E-state index contributed by atoms with van der Waals surface area (Å²) >= 11 is 0. The van der Waals surface area contributed by atoms with Crippen LogP contribution in [0.2, 0.25) is 0 Å². The Balaban J connectivity index is 2.15. The van der Waals surface area contributed by atoms with Gasteiger partial charge in [-0.2, -0.15) is 0 Å². The Morgan fingerprint density at radius 3 is 3.15 bits per heavy atom. The molecular weight excluding hydrogens is 162 g/mol. The summed E-state index contributed by atoms with van der Waals surface area (Å²) in [6, 6.07) is 8.54. The molecule has 0 bridgehead atoms. The Morgan fingerprint density at radius 1 is 1.46 bits per heavy atom. The molecule has 1 unspecified atom stereocenters. The van der Waals surface area contributed by atoms with Crippen molar-refractivity contribution in [3.8, 4) is 0 Å². The maximum absolute atomic E-state index is 10.2. The highest BCUT2D eigenvalue weighted by Crippen LogP contribution is 2.24. The van der Waals surface area contributed by atoms with E-state index in [4.69, 9.17) is 0 Å². The molecule has 1 radical (unpaired) electrons. The maximum atomic E-state index is 10.2. The number of benzene rings is 1. The van der Waals surface area contributed by atoms with Crippen LogP contribution in [-0.2, 0) is 11.2 Å². The Kier molecular flexibility index (Phi) is 2.30. The zero-order chi connectivity index (χ0) is 9.10. The molecule has 2 rings (SSSR count). The van der Waals surface area contributed by atoms with E-state index in [1.807, 2.05) is 18.4 Å². The number of fused-ring (bicyclic) bond motifs is 1. The van der Waals surface area contributed by atoms with Crippen molar-refractivity contribution >= 4 is 12.0 Å². The second kappa shape index (κ2) is 3.60. The molecule has 1 aliphatic rings. The van der Waals surface area contributed by atoms with Crippen molar-refractivity contribution in [3.05, 3.63) is 29.8 Å². The standard InChI is InChI=1S/C11H12NO/c13-8-7-10-6-5-9-3-1-2-4-11(9)12-10/h1-4,10,12H,5-7H2. The van der Waals surface area contributed by atoms with Crippen molar-refractivity contribution < 1.29 is 4.79 Å². The van der Waals surface area contributed by atoms with E-state index >= 15 is 0 Å². The smallest absolute Gasteiger partial charge is 0.200 e. The van der Waals surface area contributed by atoms with E-state index in [0.29, 0.717) is 6.42 Å². The lowest BCUT2D eigenvalue weighted by molar-refractivity contribution is 0.537. The number of hydrogen-bond acceptors (Lipinski definition) is 2. The number of para-hydroxylation sites is 1. The number of rotatable bonds is 2. The zero-order valence-corrected chi connectivity index (χ0v) is 7.42. The molecule has 0 aliphatic carbocycles. The van der Waals surface area contributed by atoms with Crippen molar-refractivity contribution in [2.45, 2.75) is 25.3 Å². The van der Waals surface area contributed by atoms with Crippen LogP contribution < -0.4 is 5.32 Å². The van der Waals surface area contributed by atoms with Gasteiger partial charge >= 0.3 is 0 Å². The monoisotopic (exact) mass is 174 g/mol. The largest absolute Gasteiger partial charge is 0.382 e. The molecule has 0 fully saturated rings. The molecule has 2 heteroatoms. The SMILES string of the molecule is O=[C]CC1CCc2ccccc2N1. The first-order chi connectivity index (χ1) is 6.40. The molecular formula is C11H12NO. The van der Waals surface area contributed by atoms with Crippen LogP contribution >= 0.6 is 0 Å². The summed E-state index contributed by atoms with van der Waals surface area (Å²) in [7, 11) is 0. The maximum Gasteiger partial charge on any atom is 0.200 e. The molecule has 13 heavy (non-hydrogen) atoms. The van der Waals surface area contributed by atoms with Crippen LogP contribution in [0.1, 0.15) is 18.4 Å². The first kappa shape index (κ1) is 8.30. The van der Waals surface area contributed by atoms with Crippen molar-refractivity contribution in [1.82, 2.24) is 0 Å². The number of anilines is 1. The van der Waals surface area contributed by atoms with Gasteiger partial charge in [-0.25, -0.2) is 0 Å². The first-order valence-electron chi connectivity index (χ1n) is 4.59. The van der Waals surface area contributed by atoms with E-state index in [1.165, 1.54) is 11.3 Å². The minimum absolute atomic E-state index is 0.285. The molecule has 67 valence electrons. The molecule has 1 aliphatic heterocycles. The lowest BCUT2D eigenvalue weighted by Crippen LogP contribution is -2.25. The molecule has 2 nitrogen and oxygen atoms in total. The highest BCUT2D eigenvalue weighted by atomic mass is 16.1. The number of nitrogens with one attached hydrogen (secondary N) is 1. The molecule has 1 atom stereocenters. The minimum atomic E-state index is 0.285. The molecule has 0 amide bonds. The topological polar surface area (TPSA) is 29.1 Å². The fourth-order valence-electron chi connectivity index (χ4n) is 1.75. The number of hydrogen-bond donors (Lipinski definition) is 1. The van der Waals surface area contributed by atoms with Gasteiger partial charge in [0, 0.05) is 18.2 Å². The molecule has 1 heterocycles. The van der Waals surface area contributed by atoms with E-state index < -0.39 is 0 Å².